The minimum absolute atomic E-state index is 0.0295. The van der Waals surface area contributed by atoms with Gasteiger partial charge in [0, 0.05) is 12.6 Å². The maximum atomic E-state index is 11.5. The number of likely N-dealkylation sites (tertiary alicyclic amines) is 1. The number of nitrogens with one attached hydrogen (secondary N) is 2. The molecule has 1 fully saturated rings. The Hall–Kier alpha value is -1.34. The van der Waals surface area contributed by atoms with Gasteiger partial charge in [-0.3, -0.25) is 0 Å². The van der Waals surface area contributed by atoms with Gasteiger partial charge < -0.3 is 25.7 Å². The van der Waals surface area contributed by atoms with Gasteiger partial charge in [0.2, 0.25) is 0 Å². The predicted molar refractivity (Wildman–Crippen MR) is 60.7 cm³/mol. The number of likely N-dealkylation sites (N-methyl/N-ethyl adjacent to an activating group) is 1. The molecule has 0 aliphatic carbocycles. The Kier molecular flexibility index (Phi) is 5.17. The summed E-state index contributed by atoms with van der Waals surface area (Å²) in [6, 6.07) is -1.77. The van der Waals surface area contributed by atoms with Gasteiger partial charge in [-0.1, -0.05) is 0 Å². The van der Waals surface area contributed by atoms with Crippen LogP contribution in [0.4, 0.5) is 4.79 Å². The fourth-order valence-electron chi connectivity index (χ4n) is 1.85. The summed E-state index contributed by atoms with van der Waals surface area (Å²) in [7, 11) is 1.97. The van der Waals surface area contributed by atoms with E-state index in [-0.39, 0.29) is 6.04 Å². The molecule has 1 heterocycles. The number of carbonyl (C=O) groups is 2. The Bertz CT molecular complexity index is 285. The van der Waals surface area contributed by atoms with Crippen LogP contribution in [0, 0.1) is 0 Å². The van der Waals surface area contributed by atoms with E-state index in [2.05, 4.69) is 15.5 Å². The number of piperidine rings is 1. The lowest BCUT2D eigenvalue weighted by Crippen LogP contribution is -2.53. The summed E-state index contributed by atoms with van der Waals surface area (Å²) in [5, 5.41) is 22.3. The molecule has 1 saturated heterocycles. The highest BCUT2D eigenvalue weighted by Crippen LogP contribution is 2.07. The zero-order valence-electron chi connectivity index (χ0n) is 9.85. The molecule has 0 aromatic carbocycles. The van der Waals surface area contributed by atoms with Crippen molar-refractivity contribution in [1.82, 2.24) is 15.5 Å². The molecule has 1 aliphatic rings. The lowest BCUT2D eigenvalue weighted by molar-refractivity contribution is -0.140. The largest absolute Gasteiger partial charge is 0.480 e. The molecule has 17 heavy (non-hydrogen) atoms. The number of aliphatic carboxylic acids is 1. The van der Waals surface area contributed by atoms with Crippen molar-refractivity contribution in [3.8, 4) is 0 Å². The second-order valence-corrected chi connectivity index (χ2v) is 4.29. The second-order valence-electron chi connectivity index (χ2n) is 4.29. The zero-order valence-corrected chi connectivity index (χ0v) is 9.85. The normalized spacial score (nSPS) is 22.8. The molecular weight excluding hydrogens is 226 g/mol. The molecule has 7 heteroatoms. The molecule has 0 bridgehead atoms. The summed E-state index contributed by atoms with van der Waals surface area (Å²) in [5.74, 6) is -1.25. The van der Waals surface area contributed by atoms with E-state index in [4.69, 9.17) is 10.2 Å². The first kappa shape index (κ1) is 13.7. The van der Waals surface area contributed by atoms with Gasteiger partial charge in [-0.15, -0.1) is 0 Å². The number of aliphatic hydroxyl groups excluding tert-OH is 1. The van der Waals surface area contributed by atoms with Crippen LogP contribution in [0.5, 0.6) is 0 Å². The summed E-state index contributed by atoms with van der Waals surface area (Å²) in [6.45, 7) is 1.14. The molecule has 1 rings (SSSR count). The van der Waals surface area contributed by atoms with Crippen LogP contribution in [0.1, 0.15) is 12.8 Å². The van der Waals surface area contributed by atoms with Gasteiger partial charge in [0.15, 0.2) is 6.04 Å². The summed E-state index contributed by atoms with van der Waals surface area (Å²) in [4.78, 5) is 24.2. The number of amides is 2. The second kappa shape index (κ2) is 6.41. The van der Waals surface area contributed by atoms with E-state index in [1.165, 1.54) is 0 Å². The Balaban J connectivity index is 2.35. The van der Waals surface area contributed by atoms with Crippen molar-refractivity contribution >= 4 is 12.0 Å². The summed E-state index contributed by atoms with van der Waals surface area (Å²) < 4.78 is 0. The number of urea groups is 1. The Labute approximate surface area is 99.8 Å². The fourth-order valence-corrected chi connectivity index (χ4v) is 1.85. The Morgan fingerprint density at radius 3 is 2.76 bits per heavy atom. The molecule has 98 valence electrons. The van der Waals surface area contributed by atoms with Crippen molar-refractivity contribution in [2.24, 2.45) is 0 Å². The number of nitrogens with zero attached hydrogens (tertiary/aromatic N) is 1. The number of aliphatic hydroxyl groups is 1. The monoisotopic (exact) mass is 245 g/mol. The molecule has 2 amide bonds. The smallest absolute Gasteiger partial charge is 0.328 e. The Morgan fingerprint density at radius 1 is 1.53 bits per heavy atom. The summed E-state index contributed by atoms with van der Waals surface area (Å²) in [5.41, 5.74) is 0. The van der Waals surface area contributed by atoms with Gasteiger partial charge in [0.1, 0.15) is 0 Å². The molecule has 0 spiro atoms. The molecule has 2 atom stereocenters. The molecule has 1 aliphatic heterocycles. The van der Waals surface area contributed by atoms with E-state index in [0.29, 0.717) is 0 Å². The van der Waals surface area contributed by atoms with E-state index in [1.54, 1.807) is 0 Å². The predicted octanol–water partition coefficient (Wildman–Crippen LogP) is -1.17. The SMILES string of the molecule is CN1CCCC(NC(=O)NC(CO)C(=O)O)C1. The van der Waals surface area contributed by atoms with Crippen LogP contribution in [-0.2, 0) is 4.79 Å². The molecule has 0 saturated carbocycles. The van der Waals surface area contributed by atoms with Gasteiger partial charge in [0.25, 0.3) is 0 Å². The van der Waals surface area contributed by atoms with Crippen LogP contribution in [-0.4, -0.2) is 65.9 Å². The van der Waals surface area contributed by atoms with E-state index in [1.807, 2.05) is 7.05 Å². The fraction of sp³-hybridized carbons (Fsp3) is 0.800. The maximum absolute atomic E-state index is 11.5. The number of hydrogen-bond donors (Lipinski definition) is 4. The topological polar surface area (TPSA) is 102 Å². The molecule has 0 aromatic rings. The van der Waals surface area contributed by atoms with E-state index in [9.17, 15) is 9.59 Å². The van der Waals surface area contributed by atoms with Crippen LogP contribution in [0.25, 0.3) is 0 Å². The van der Waals surface area contributed by atoms with Crippen molar-refractivity contribution < 1.29 is 19.8 Å². The molecule has 0 aromatic heterocycles. The zero-order chi connectivity index (χ0) is 12.8. The first-order valence-corrected chi connectivity index (χ1v) is 5.62. The van der Waals surface area contributed by atoms with Gasteiger partial charge in [-0.2, -0.15) is 0 Å². The highest BCUT2D eigenvalue weighted by atomic mass is 16.4. The first-order chi connectivity index (χ1) is 8.02. The van der Waals surface area contributed by atoms with Crippen LogP contribution in [0.3, 0.4) is 0 Å². The van der Waals surface area contributed by atoms with E-state index in [0.717, 1.165) is 25.9 Å². The van der Waals surface area contributed by atoms with Crippen LogP contribution in [0.2, 0.25) is 0 Å². The Morgan fingerprint density at radius 2 is 2.24 bits per heavy atom. The highest BCUT2D eigenvalue weighted by molar-refractivity contribution is 5.82. The van der Waals surface area contributed by atoms with E-state index < -0.39 is 24.6 Å². The summed E-state index contributed by atoms with van der Waals surface area (Å²) >= 11 is 0. The van der Waals surface area contributed by atoms with Gasteiger partial charge in [-0.25, -0.2) is 9.59 Å². The lowest BCUT2D eigenvalue weighted by atomic mass is 10.1. The first-order valence-electron chi connectivity index (χ1n) is 5.62. The van der Waals surface area contributed by atoms with Crippen molar-refractivity contribution in [2.45, 2.75) is 24.9 Å². The molecule has 7 nitrogen and oxygen atoms in total. The molecule has 2 unspecified atom stereocenters. The number of carboxylic acid groups (broad SMARTS) is 1. The maximum Gasteiger partial charge on any atom is 0.328 e. The van der Waals surface area contributed by atoms with Crippen LogP contribution in [0.15, 0.2) is 0 Å². The highest BCUT2D eigenvalue weighted by Gasteiger charge is 2.22. The van der Waals surface area contributed by atoms with Crippen LogP contribution >= 0.6 is 0 Å². The number of hydrogen-bond acceptors (Lipinski definition) is 4. The van der Waals surface area contributed by atoms with E-state index >= 15 is 0 Å². The van der Waals surface area contributed by atoms with Crippen LogP contribution < -0.4 is 10.6 Å². The third kappa shape index (κ3) is 4.58. The molecule has 0 radical (unpaired) electrons. The standard InChI is InChI=1S/C10H19N3O4/c1-13-4-2-3-7(5-13)11-10(17)12-8(6-14)9(15)16/h7-8,14H,2-6H2,1H3,(H,15,16)(H2,11,12,17). The van der Waals surface area contributed by atoms with Gasteiger partial charge >= 0.3 is 12.0 Å². The third-order valence-corrected chi connectivity index (χ3v) is 2.75. The minimum atomic E-state index is -1.25. The molecule has 4 N–H and O–H groups in total. The third-order valence-electron chi connectivity index (χ3n) is 2.75. The van der Waals surface area contributed by atoms with Gasteiger partial charge in [-0.05, 0) is 26.4 Å². The number of rotatable bonds is 4. The molecular formula is C10H19N3O4. The average Bonchev–Trinajstić information content (AvgIpc) is 2.25. The van der Waals surface area contributed by atoms with Crippen molar-refractivity contribution in [2.75, 3.05) is 26.7 Å². The van der Waals surface area contributed by atoms with Crippen molar-refractivity contribution in [3.63, 3.8) is 0 Å². The minimum Gasteiger partial charge on any atom is -0.480 e. The number of carbonyl (C=O) groups excluding carboxylic acids is 1. The quantitative estimate of drug-likeness (QED) is 0.499. The van der Waals surface area contributed by atoms with Crippen molar-refractivity contribution in [1.29, 1.82) is 0 Å². The number of carboxylic acids is 1. The van der Waals surface area contributed by atoms with Crippen molar-refractivity contribution in [3.05, 3.63) is 0 Å². The lowest BCUT2D eigenvalue weighted by Gasteiger charge is -2.30. The average molecular weight is 245 g/mol. The summed E-state index contributed by atoms with van der Waals surface area (Å²) in [6.07, 6.45) is 1.89. The van der Waals surface area contributed by atoms with Gasteiger partial charge in [0.05, 0.1) is 6.61 Å².